The molecular weight excluding hydrogens is 238 g/mol. The molecule has 3 heterocycles. The van der Waals surface area contributed by atoms with Crippen molar-refractivity contribution < 1.29 is 4.74 Å². The standard InChI is InChI=1S/C10H11N5OS/c1-14-6-7(5-12-14)16-9-8(4-11)15-2-3-17-10(15)13-9/h2-3,5-6H,4,11H2,1H3. The highest BCUT2D eigenvalue weighted by Gasteiger charge is 2.14. The maximum absolute atomic E-state index is 5.72. The van der Waals surface area contributed by atoms with Gasteiger partial charge in [0.25, 0.3) is 0 Å². The average molecular weight is 249 g/mol. The van der Waals surface area contributed by atoms with Crippen LogP contribution < -0.4 is 10.5 Å². The Morgan fingerprint density at radius 2 is 2.41 bits per heavy atom. The molecule has 0 aliphatic heterocycles. The second kappa shape index (κ2) is 3.86. The van der Waals surface area contributed by atoms with Crippen molar-refractivity contribution in [3.8, 4) is 11.6 Å². The van der Waals surface area contributed by atoms with Gasteiger partial charge in [-0.3, -0.25) is 9.08 Å². The molecule has 3 rings (SSSR count). The lowest BCUT2D eigenvalue weighted by atomic mass is 10.4. The molecule has 88 valence electrons. The minimum absolute atomic E-state index is 0.382. The molecule has 3 aromatic heterocycles. The van der Waals surface area contributed by atoms with Gasteiger partial charge in [0.1, 0.15) is 5.69 Å². The third-order valence-electron chi connectivity index (χ3n) is 2.41. The van der Waals surface area contributed by atoms with Crippen molar-refractivity contribution in [2.45, 2.75) is 6.54 Å². The van der Waals surface area contributed by atoms with Crippen LogP contribution in [0.3, 0.4) is 0 Å². The third-order valence-corrected chi connectivity index (χ3v) is 3.17. The van der Waals surface area contributed by atoms with Crippen molar-refractivity contribution >= 4 is 16.3 Å². The molecule has 0 unspecified atom stereocenters. The first kappa shape index (κ1) is 10.3. The van der Waals surface area contributed by atoms with E-state index in [1.165, 1.54) is 0 Å². The largest absolute Gasteiger partial charge is 0.434 e. The number of ether oxygens (including phenoxy) is 1. The predicted molar refractivity (Wildman–Crippen MR) is 64.2 cm³/mol. The van der Waals surface area contributed by atoms with E-state index in [0.717, 1.165) is 10.7 Å². The minimum Gasteiger partial charge on any atom is -0.434 e. The maximum Gasteiger partial charge on any atom is 0.243 e. The molecule has 0 spiro atoms. The summed E-state index contributed by atoms with van der Waals surface area (Å²) in [5.41, 5.74) is 6.59. The second-order valence-corrected chi connectivity index (χ2v) is 4.45. The van der Waals surface area contributed by atoms with Crippen molar-refractivity contribution in [1.29, 1.82) is 0 Å². The number of rotatable bonds is 3. The molecule has 0 aliphatic rings. The zero-order chi connectivity index (χ0) is 11.8. The van der Waals surface area contributed by atoms with Crippen LogP contribution in [-0.4, -0.2) is 19.2 Å². The summed E-state index contributed by atoms with van der Waals surface area (Å²) in [6, 6.07) is 0. The number of hydrogen-bond acceptors (Lipinski definition) is 5. The maximum atomic E-state index is 5.72. The number of aryl methyl sites for hydroxylation is 1. The fraction of sp³-hybridized carbons (Fsp3) is 0.200. The van der Waals surface area contributed by atoms with E-state index in [1.807, 2.05) is 23.0 Å². The lowest BCUT2D eigenvalue weighted by molar-refractivity contribution is 0.459. The van der Waals surface area contributed by atoms with Crippen molar-refractivity contribution in [3.63, 3.8) is 0 Å². The van der Waals surface area contributed by atoms with Crippen LogP contribution in [0.2, 0.25) is 0 Å². The summed E-state index contributed by atoms with van der Waals surface area (Å²) in [6.07, 6.45) is 5.37. The van der Waals surface area contributed by atoms with E-state index < -0.39 is 0 Å². The normalized spacial score (nSPS) is 11.2. The molecule has 3 aromatic rings. The van der Waals surface area contributed by atoms with Crippen molar-refractivity contribution in [2.24, 2.45) is 12.8 Å². The highest BCUT2D eigenvalue weighted by atomic mass is 32.1. The van der Waals surface area contributed by atoms with Crippen LogP contribution in [0.25, 0.3) is 4.96 Å². The number of imidazole rings is 1. The summed E-state index contributed by atoms with van der Waals surface area (Å²) in [7, 11) is 1.84. The molecule has 17 heavy (non-hydrogen) atoms. The van der Waals surface area contributed by atoms with Crippen LogP contribution >= 0.6 is 11.3 Å². The summed E-state index contributed by atoms with van der Waals surface area (Å²) < 4.78 is 9.29. The molecule has 0 atom stereocenters. The third kappa shape index (κ3) is 1.69. The van der Waals surface area contributed by atoms with Gasteiger partial charge in [0.05, 0.1) is 12.4 Å². The Morgan fingerprint density at radius 3 is 3.12 bits per heavy atom. The van der Waals surface area contributed by atoms with Crippen LogP contribution in [0.5, 0.6) is 11.6 Å². The fourth-order valence-electron chi connectivity index (χ4n) is 1.64. The van der Waals surface area contributed by atoms with E-state index in [9.17, 15) is 0 Å². The first-order valence-electron chi connectivity index (χ1n) is 5.09. The van der Waals surface area contributed by atoms with Crippen LogP contribution in [0, 0.1) is 0 Å². The van der Waals surface area contributed by atoms with Gasteiger partial charge in [0.2, 0.25) is 5.88 Å². The van der Waals surface area contributed by atoms with Crippen LogP contribution in [0.4, 0.5) is 0 Å². The number of thiazole rings is 1. The van der Waals surface area contributed by atoms with Crippen molar-refractivity contribution in [2.75, 3.05) is 0 Å². The zero-order valence-electron chi connectivity index (χ0n) is 9.20. The van der Waals surface area contributed by atoms with Crippen LogP contribution in [0.1, 0.15) is 5.69 Å². The summed E-state index contributed by atoms with van der Waals surface area (Å²) in [4.78, 5) is 5.27. The zero-order valence-corrected chi connectivity index (χ0v) is 10.0. The van der Waals surface area contributed by atoms with E-state index in [4.69, 9.17) is 10.5 Å². The van der Waals surface area contributed by atoms with Gasteiger partial charge in [-0.15, -0.1) is 11.3 Å². The summed E-state index contributed by atoms with van der Waals surface area (Å²) in [5.74, 6) is 1.21. The van der Waals surface area contributed by atoms with Gasteiger partial charge in [-0.2, -0.15) is 10.1 Å². The van der Waals surface area contributed by atoms with Gasteiger partial charge in [-0.25, -0.2) is 0 Å². The van der Waals surface area contributed by atoms with Crippen molar-refractivity contribution in [3.05, 3.63) is 29.7 Å². The Hall–Kier alpha value is -1.86. The molecule has 0 saturated heterocycles. The van der Waals surface area contributed by atoms with E-state index >= 15 is 0 Å². The second-order valence-electron chi connectivity index (χ2n) is 3.58. The minimum atomic E-state index is 0.382. The van der Waals surface area contributed by atoms with Gasteiger partial charge in [0.15, 0.2) is 10.7 Å². The molecule has 0 saturated carbocycles. The van der Waals surface area contributed by atoms with Gasteiger partial charge < -0.3 is 10.5 Å². The Morgan fingerprint density at radius 1 is 1.53 bits per heavy atom. The highest BCUT2D eigenvalue weighted by molar-refractivity contribution is 7.15. The Kier molecular flexibility index (Phi) is 2.34. The number of nitrogens with two attached hydrogens (primary N) is 1. The topological polar surface area (TPSA) is 70.4 Å². The van der Waals surface area contributed by atoms with E-state index in [2.05, 4.69) is 10.1 Å². The number of hydrogen-bond donors (Lipinski definition) is 1. The van der Waals surface area contributed by atoms with Gasteiger partial charge in [-0.1, -0.05) is 0 Å². The number of fused-ring (bicyclic) bond motifs is 1. The SMILES string of the molecule is Cn1cc(Oc2nc3sccn3c2CN)cn1. The molecule has 0 aliphatic carbocycles. The molecule has 6 nitrogen and oxygen atoms in total. The molecule has 0 fully saturated rings. The van der Waals surface area contributed by atoms with E-state index in [1.54, 1.807) is 28.4 Å². The predicted octanol–water partition coefficient (Wildman–Crippen LogP) is 1.38. The van der Waals surface area contributed by atoms with Crippen molar-refractivity contribution in [1.82, 2.24) is 19.2 Å². The monoisotopic (exact) mass is 249 g/mol. The first-order chi connectivity index (χ1) is 8.28. The Labute approximate surface area is 101 Å². The lowest BCUT2D eigenvalue weighted by Gasteiger charge is -2.01. The molecule has 0 bridgehead atoms. The summed E-state index contributed by atoms with van der Waals surface area (Å²) >= 11 is 1.55. The molecule has 0 aromatic carbocycles. The van der Waals surface area contributed by atoms with Gasteiger partial charge >= 0.3 is 0 Å². The highest BCUT2D eigenvalue weighted by Crippen LogP contribution is 2.27. The van der Waals surface area contributed by atoms with Gasteiger partial charge in [-0.05, 0) is 0 Å². The van der Waals surface area contributed by atoms with E-state index in [0.29, 0.717) is 18.2 Å². The Bertz CT molecular complexity index is 653. The number of nitrogens with zero attached hydrogens (tertiary/aromatic N) is 4. The quantitative estimate of drug-likeness (QED) is 0.761. The summed E-state index contributed by atoms with van der Waals surface area (Å²) in [6.45, 7) is 0.382. The fourth-order valence-corrected chi connectivity index (χ4v) is 2.37. The van der Waals surface area contributed by atoms with Crippen LogP contribution in [0.15, 0.2) is 24.0 Å². The number of aromatic nitrogens is 4. The molecular formula is C10H11N5OS. The average Bonchev–Trinajstić information content (AvgIpc) is 2.95. The first-order valence-corrected chi connectivity index (χ1v) is 5.97. The molecule has 7 heteroatoms. The smallest absolute Gasteiger partial charge is 0.243 e. The molecule has 2 N–H and O–H groups in total. The molecule has 0 amide bonds. The Balaban J connectivity index is 2.01. The van der Waals surface area contributed by atoms with Crippen LogP contribution in [-0.2, 0) is 13.6 Å². The lowest BCUT2D eigenvalue weighted by Crippen LogP contribution is -2.01. The van der Waals surface area contributed by atoms with Gasteiger partial charge in [0, 0.05) is 25.2 Å². The van der Waals surface area contributed by atoms with E-state index in [-0.39, 0.29) is 0 Å². The molecule has 0 radical (unpaired) electrons. The summed E-state index contributed by atoms with van der Waals surface area (Å²) in [5, 5.41) is 6.01.